The summed E-state index contributed by atoms with van der Waals surface area (Å²) in [5.41, 5.74) is 1.16. The van der Waals surface area contributed by atoms with Crippen molar-refractivity contribution < 1.29 is 0 Å². The molecule has 0 aliphatic rings. The molecule has 2 N–H and O–H groups in total. The first-order valence-electron chi connectivity index (χ1n) is 6.82. The molecule has 20 heavy (non-hydrogen) atoms. The lowest BCUT2D eigenvalue weighted by molar-refractivity contribution is 0.583. The van der Waals surface area contributed by atoms with Gasteiger partial charge in [0, 0.05) is 23.4 Å². The van der Waals surface area contributed by atoms with E-state index in [1.165, 1.54) is 5.01 Å². The van der Waals surface area contributed by atoms with E-state index in [1.54, 1.807) is 11.3 Å². The molecule has 0 aromatic carbocycles. The van der Waals surface area contributed by atoms with Gasteiger partial charge in [-0.25, -0.2) is 9.98 Å². The molecule has 0 atom stereocenters. The van der Waals surface area contributed by atoms with Crippen molar-refractivity contribution in [1.82, 2.24) is 15.6 Å². The van der Waals surface area contributed by atoms with Gasteiger partial charge in [-0.3, -0.25) is 0 Å². The second-order valence-electron chi connectivity index (χ2n) is 5.89. The summed E-state index contributed by atoms with van der Waals surface area (Å²) < 4.78 is 0. The summed E-state index contributed by atoms with van der Waals surface area (Å²) in [5, 5.41) is 9.80. The Morgan fingerprint density at radius 1 is 1.40 bits per heavy atom. The van der Waals surface area contributed by atoms with Crippen LogP contribution in [0.1, 0.15) is 52.2 Å². The normalized spacial score (nSPS) is 12.2. The van der Waals surface area contributed by atoms with E-state index in [-0.39, 0.29) is 29.4 Å². The molecule has 0 fully saturated rings. The molecule has 1 aromatic heterocycles. The van der Waals surface area contributed by atoms with Gasteiger partial charge in [0.15, 0.2) is 5.96 Å². The summed E-state index contributed by atoms with van der Waals surface area (Å²) >= 11 is 1.71. The first kappa shape index (κ1) is 19.6. The topological polar surface area (TPSA) is 49.3 Å². The van der Waals surface area contributed by atoms with Crippen LogP contribution in [0.5, 0.6) is 0 Å². The van der Waals surface area contributed by atoms with Crippen LogP contribution in [-0.2, 0) is 12.0 Å². The van der Waals surface area contributed by atoms with Crippen LogP contribution in [0.4, 0.5) is 0 Å². The minimum absolute atomic E-state index is 0. The quantitative estimate of drug-likeness (QED) is 0.454. The van der Waals surface area contributed by atoms with E-state index in [0.29, 0.717) is 12.6 Å². The SMILES string of the molecule is CCNC(=NCc1csc(C(C)(C)C)n1)NC(C)C.I. The van der Waals surface area contributed by atoms with E-state index < -0.39 is 0 Å². The van der Waals surface area contributed by atoms with Crippen LogP contribution in [0.2, 0.25) is 0 Å². The van der Waals surface area contributed by atoms with Gasteiger partial charge in [0.05, 0.1) is 17.2 Å². The maximum Gasteiger partial charge on any atom is 0.191 e. The van der Waals surface area contributed by atoms with Gasteiger partial charge in [0.1, 0.15) is 0 Å². The van der Waals surface area contributed by atoms with E-state index in [4.69, 9.17) is 0 Å². The van der Waals surface area contributed by atoms with Crippen LogP contribution >= 0.6 is 35.3 Å². The van der Waals surface area contributed by atoms with Gasteiger partial charge >= 0.3 is 0 Å². The minimum Gasteiger partial charge on any atom is -0.357 e. The van der Waals surface area contributed by atoms with Crippen molar-refractivity contribution >= 4 is 41.3 Å². The predicted octanol–water partition coefficient (Wildman–Crippen LogP) is 3.52. The molecular formula is C14H27IN4S. The summed E-state index contributed by atoms with van der Waals surface area (Å²) in [7, 11) is 0. The summed E-state index contributed by atoms with van der Waals surface area (Å²) in [6.45, 7) is 14.3. The number of hydrogen-bond acceptors (Lipinski definition) is 3. The summed E-state index contributed by atoms with van der Waals surface area (Å²) in [4.78, 5) is 9.21. The van der Waals surface area contributed by atoms with E-state index in [2.05, 4.69) is 67.5 Å². The van der Waals surface area contributed by atoms with E-state index in [0.717, 1.165) is 18.2 Å². The van der Waals surface area contributed by atoms with Crippen LogP contribution in [-0.4, -0.2) is 23.5 Å². The highest BCUT2D eigenvalue weighted by atomic mass is 127. The van der Waals surface area contributed by atoms with Gasteiger partial charge < -0.3 is 10.6 Å². The Morgan fingerprint density at radius 2 is 2.05 bits per heavy atom. The molecule has 0 unspecified atom stereocenters. The van der Waals surface area contributed by atoms with Gasteiger partial charge in [-0.2, -0.15) is 0 Å². The van der Waals surface area contributed by atoms with E-state index in [1.807, 2.05) is 0 Å². The monoisotopic (exact) mass is 410 g/mol. The van der Waals surface area contributed by atoms with Crippen LogP contribution < -0.4 is 10.6 Å². The molecule has 0 saturated carbocycles. The lowest BCUT2D eigenvalue weighted by atomic mass is 9.98. The van der Waals surface area contributed by atoms with Gasteiger partial charge in [-0.05, 0) is 20.8 Å². The van der Waals surface area contributed by atoms with Crippen molar-refractivity contribution in [2.24, 2.45) is 4.99 Å². The number of aliphatic imine (C=N–C) groups is 1. The molecule has 0 aliphatic carbocycles. The maximum atomic E-state index is 4.65. The molecule has 1 heterocycles. The van der Waals surface area contributed by atoms with Crippen LogP contribution in [0.3, 0.4) is 0 Å². The Bertz CT molecular complexity index is 421. The number of halogens is 1. The van der Waals surface area contributed by atoms with Crippen LogP contribution in [0, 0.1) is 0 Å². The smallest absolute Gasteiger partial charge is 0.191 e. The fourth-order valence-corrected chi connectivity index (χ4v) is 2.38. The molecule has 4 nitrogen and oxygen atoms in total. The Hall–Kier alpha value is -0.370. The van der Waals surface area contributed by atoms with Crippen LogP contribution in [0.25, 0.3) is 0 Å². The molecule has 1 rings (SSSR count). The molecule has 116 valence electrons. The highest BCUT2D eigenvalue weighted by molar-refractivity contribution is 14.0. The first-order valence-corrected chi connectivity index (χ1v) is 7.70. The van der Waals surface area contributed by atoms with E-state index in [9.17, 15) is 0 Å². The number of hydrogen-bond donors (Lipinski definition) is 2. The Labute approximate surface area is 143 Å². The lowest BCUT2D eigenvalue weighted by Gasteiger charge is -2.14. The largest absolute Gasteiger partial charge is 0.357 e. The van der Waals surface area contributed by atoms with Gasteiger partial charge in [0.25, 0.3) is 0 Å². The zero-order valence-corrected chi connectivity index (χ0v) is 16.4. The van der Waals surface area contributed by atoms with Crippen molar-refractivity contribution in [3.8, 4) is 0 Å². The Balaban J connectivity index is 0.00000361. The fraction of sp³-hybridized carbons (Fsp3) is 0.714. The molecule has 0 amide bonds. The summed E-state index contributed by atoms with van der Waals surface area (Å²) in [5.74, 6) is 0.850. The average Bonchev–Trinajstić information content (AvgIpc) is 2.73. The van der Waals surface area contributed by atoms with Crippen molar-refractivity contribution in [2.45, 2.75) is 59.5 Å². The third kappa shape index (κ3) is 6.88. The highest BCUT2D eigenvalue weighted by Gasteiger charge is 2.17. The van der Waals surface area contributed by atoms with Crippen molar-refractivity contribution in [3.05, 3.63) is 16.1 Å². The first-order chi connectivity index (χ1) is 8.82. The number of aromatic nitrogens is 1. The summed E-state index contributed by atoms with van der Waals surface area (Å²) in [6.07, 6.45) is 0. The number of thiazole rings is 1. The Kier molecular flexibility index (Phi) is 8.65. The molecule has 0 bridgehead atoms. The molecular weight excluding hydrogens is 383 g/mol. The number of nitrogens with zero attached hydrogens (tertiary/aromatic N) is 2. The number of rotatable bonds is 4. The lowest BCUT2D eigenvalue weighted by Crippen LogP contribution is -2.41. The molecule has 0 saturated heterocycles. The third-order valence-electron chi connectivity index (χ3n) is 2.36. The minimum atomic E-state index is 0. The number of nitrogens with one attached hydrogen (secondary N) is 2. The third-order valence-corrected chi connectivity index (χ3v) is 3.68. The molecule has 0 aliphatic heterocycles. The van der Waals surface area contributed by atoms with Gasteiger partial charge in [-0.15, -0.1) is 35.3 Å². The van der Waals surface area contributed by atoms with Gasteiger partial charge in [-0.1, -0.05) is 20.8 Å². The zero-order chi connectivity index (χ0) is 14.5. The fourth-order valence-electron chi connectivity index (χ4n) is 1.48. The Morgan fingerprint density at radius 3 is 2.50 bits per heavy atom. The second-order valence-corrected chi connectivity index (χ2v) is 6.75. The van der Waals surface area contributed by atoms with Crippen LogP contribution in [0.15, 0.2) is 10.4 Å². The molecule has 0 spiro atoms. The van der Waals surface area contributed by atoms with E-state index >= 15 is 0 Å². The maximum absolute atomic E-state index is 4.65. The average molecular weight is 410 g/mol. The number of guanidine groups is 1. The molecule has 0 radical (unpaired) electrons. The molecule has 1 aromatic rings. The molecule has 6 heteroatoms. The zero-order valence-electron chi connectivity index (χ0n) is 13.3. The highest BCUT2D eigenvalue weighted by Crippen LogP contribution is 2.25. The van der Waals surface area contributed by atoms with Gasteiger partial charge in [0.2, 0.25) is 0 Å². The standard InChI is InChI=1S/C14H26N4S.HI/c1-7-15-13(17-10(2)3)16-8-11-9-19-12(18-11)14(4,5)6;/h9-10H,7-8H2,1-6H3,(H2,15,16,17);1H. The predicted molar refractivity (Wildman–Crippen MR) is 99.3 cm³/mol. The summed E-state index contributed by atoms with van der Waals surface area (Å²) in [6, 6.07) is 0.373. The second kappa shape index (κ2) is 8.81. The van der Waals surface area contributed by atoms with Crippen molar-refractivity contribution in [1.29, 1.82) is 0 Å². The van der Waals surface area contributed by atoms with Crippen molar-refractivity contribution in [2.75, 3.05) is 6.54 Å². The van der Waals surface area contributed by atoms with Crippen molar-refractivity contribution in [3.63, 3.8) is 0 Å².